The van der Waals surface area contributed by atoms with Gasteiger partial charge in [-0.05, 0) is 55.5 Å². The van der Waals surface area contributed by atoms with E-state index in [1.807, 2.05) is 79.6 Å². The summed E-state index contributed by atoms with van der Waals surface area (Å²) in [4.78, 5) is 31.0. The van der Waals surface area contributed by atoms with Crippen LogP contribution in [0.15, 0.2) is 55.0 Å². The Kier molecular flexibility index (Phi) is 5.74. The number of nitrogens with zero attached hydrogens (tertiary/aromatic N) is 5. The minimum atomic E-state index is -0.0873. The van der Waals surface area contributed by atoms with Gasteiger partial charge in [0.2, 0.25) is 5.95 Å². The molecule has 6 nitrogen and oxygen atoms in total. The Morgan fingerprint density at radius 3 is 2.60 bits per heavy atom. The van der Waals surface area contributed by atoms with Crippen LogP contribution in [0.3, 0.4) is 0 Å². The molecule has 1 aromatic carbocycles. The second-order valence-electron chi connectivity index (χ2n) is 7.93. The Labute approximate surface area is 177 Å². The molecule has 3 aromatic rings. The van der Waals surface area contributed by atoms with Crippen molar-refractivity contribution >= 4 is 11.9 Å². The maximum Gasteiger partial charge on any atom is 0.254 e. The van der Waals surface area contributed by atoms with Crippen molar-refractivity contribution in [2.45, 2.75) is 32.2 Å². The number of aromatic nitrogens is 3. The summed E-state index contributed by atoms with van der Waals surface area (Å²) in [5.41, 5.74) is 4.72. The molecule has 1 fully saturated rings. The van der Waals surface area contributed by atoms with E-state index < -0.39 is 0 Å². The van der Waals surface area contributed by atoms with E-state index in [1.165, 1.54) is 0 Å². The molecular formula is C24H27N5O. The molecule has 1 aliphatic heterocycles. The SMILES string of the molecule is Cc1cnccc1-c1cnc(N(C)C)nc1[C@H]1CCCCN1C(=O)c1ccccc1. The molecule has 1 aliphatic rings. The number of amides is 1. The van der Waals surface area contributed by atoms with Crippen LogP contribution in [0.2, 0.25) is 0 Å². The first-order valence-corrected chi connectivity index (χ1v) is 10.4. The molecule has 1 amide bonds. The van der Waals surface area contributed by atoms with Crippen molar-refractivity contribution in [1.82, 2.24) is 19.9 Å². The third-order valence-electron chi connectivity index (χ3n) is 5.62. The van der Waals surface area contributed by atoms with E-state index in [1.54, 1.807) is 6.20 Å². The summed E-state index contributed by atoms with van der Waals surface area (Å²) < 4.78 is 0. The molecule has 4 rings (SSSR count). The maximum atomic E-state index is 13.4. The maximum absolute atomic E-state index is 13.4. The van der Waals surface area contributed by atoms with Crippen LogP contribution >= 0.6 is 0 Å². The number of anilines is 1. The van der Waals surface area contributed by atoms with Crippen LogP contribution in [0.1, 0.15) is 46.9 Å². The minimum absolute atomic E-state index is 0.0581. The Balaban J connectivity index is 1.82. The number of carbonyl (C=O) groups is 1. The van der Waals surface area contributed by atoms with Crippen LogP contribution in [0, 0.1) is 6.92 Å². The summed E-state index contributed by atoms with van der Waals surface area (Å²) in [7, 11) is 3.87. The fourth-order valence-corrected chi connectivity index (χ4v) is 4.04. The van der Waals surface area contributed by atoms with Crippen molar-refractivity contribution in [2.24, 2.45) is 0 Å². The number of hydrogen-bond donors (Lipinski definition) is 0. The Morgan fingerprint density at radius 2 is 1.87 bits per heavy atom. The number of rotatable bonds is 4. The van der Waals surface area contributed by atoms with Gasteiger partial charge in [-0.25, -0.2) is 9.97 Å². The molecule has 0 bridgehead atoms. The van der Waals surface area contributed by atoms with Crippen LogP contribution in [-0.4, -0.2) is 46.4 Å². The molecule has 0 N–H and O–H groups in total. The Bertz CT molecular complexity index is 1030. The van der Waals surface area contributed by atoms with Gasteiger partial charge in [-0.3, -0.25) is 9.78 Å². The number of likely N-dealkylation sites (tertiary alicyclic amines) is 1. The van der Waals surface area contributed by atoms with Crippen molar-refractivity contribution in [3.05, 3.63) is 71.8 Å². The van der Waals surface area contributed by atoms with Crippen LogP contribution in [0.5, 0.6) is 0 Å². The minimum Gasteiger partial charge on any atom is -0.347 e. The van der Waals surface area contributed by atoms with E-state index in [9.17, 15) is 4.79 Å². The summed E-state index contributed by atoms with van der Waals surface area (Å²) in [6.45, 7) is 2.77. The Morgan fingerprint density at radius 1 is 1.07 bits per heavy atom. The van der Waals surface area contributed by atoms with Gasteiger partial charge in [0, 0.05) is 50.4 Å². The molecule has 30 heavy (non-hydrogen) atoms. The highest BCUT2D eigenvalue weighted by Crippen LogP contribution is 2.37. The molecule has 0 spiro atoms. The third-order valence-corrected chi connectivity index (χ3v) is 5.62. The topological polar surface area (TPSA) is 62.2 Å². The van der Waals surface area contributed by atoms with Crippen molar-refractivity contribution in [3.8, 4) is 11.1 Å². The van der Waals surface area contributed by atoms with Gasteiger partial charge in [0.25, 0.3) is 5.91 Å². The summed E-state index contributed by atoms with van der Waals surface area (Å²) in [6.07, 6.45) is 8.50. The molecule has 1 atom stereocenters. The normalized spacial score (nSPS) is 16.4. The molecule has 6 heteroatoms. The highest BCUT2D eigenvalue weighted by molar-refractivity contribution is 5.94. The van der Waals surface area contributed by atoms with Gasteiger partial charge in [-0.2, -0.15) is 0 Å². The first-order chi connectivity index (χ1) is 14.6. The number of carbonyl (C=O) groups excluding carboxylic acids is 1. The summed E-state index contributed by atoms with van der Waals surface area (Å²) in [5.74, 6) is 0.709. The average molecular weight is 402 g/mol. The zero-order valence-corrected chi connectivity index (χ0v) is 17.7. The zero-order chi connectivity index (χ0) is 21.1. The summed E-state index contributed by atoms with van der Waals surface area (Å²) in [6, 6.07) is 11.4. The first kappa shape index (κ1) is 20.0. The van der Waals surface area contributed by atoms with Gasteiger partial charge >= 0.3 is 0 Å². The lowest BCUT2D eigenvalue weighted by Gasteiger charge is -2.36. The standard InChI is InChI=1S/C24H27N5O/c1-17-15-25-13-12-19(17)20-16-26-24(28(2)3)27-22(20)21-11-7-8-14-29(21)23(30)18-9-5-4-6-10-18/h4-6,9-10,12-13,15-16,21H,7-8,11,14H2,1-3H3/t21-/m1/s1. The second-order valence-corrected chi connectivity index (χ2v) is 7.93. The van der Waals surface area contributed by atoms with Gasteiger partial charge in [-0.1, -0.05) is 18.2 Å². The quantitative estimate of drug-likeness (QED) is 0.653. The average Bonchev–Trinajstić information content (AvgIpc) is 2.79. The van der Waals surface area contributed by atoms with Crippen LogP contribution in [0.25, 0.3) is 11.1 Å². The van der Waals surface area contributed by atoms with E-state index in [0.29, 0.717) is 11.5 Å². The predicted octanol–water partition coefficient (Wildman–Crippen LogP) is 4.28. The molecule has 3 heterocycles. The van der Waals surface area contributed by atoms with Gasteiger partial charge < -0.3 is 9.80 Å². The number of aryl methyl sites for hydroxylation is 1. The van der Waals surface area contributed by atoms with Crippen LogP contribution in [0.4, 0.5) is 5.95 Å². The van der Waals surface area contributed by atoms with E-state index in [-0.39, 0.29) is 11.9 Å². The highest BCUT2D eigenvalue weighted by Gasteiger charge is 2.32. The van der Waals surface area contributed by atoms with Crippen molar-refractivity contribution in [2.75, 3.05) is 25.5 Å². The monoisotopic (exact) mass is 401 g/mol. The smallest absolute Gasteiger partial charge is 0.254 e. The lowest BCUT2D eigenvalue weighted by Crippen LogP contribution is -2.39. The van der Waals surface area contributed by atoms with Crippen molar-refractivity contribution < 1.29 is 4.79 Å². The number of benzene rings is 1. The highest BCUT2D eigenvalue weighted by atomic mass is 16.2. The molecule has 0 saturated carbocycles. The molecule has 2 aromatic heterocycles. The summed E-state index contributed by atoms with van der Waals surface area (Å²) >= 11 is 0. The van der Waals surface area contributed by atoms with Crippen molar-refractivity contribution in [1.29, 1.82) is 0 Å². The predicted molar refractivity (Wildman–Crippen MR) is 118 cm³/mol. The first-order valence-electron chi connectivity index (χ1n) is 10.4. The second kappa shape index (κ2) is 8.61. The number of pyridine rings is 1. The Hall–Kier alpha value is -3.28. The van der Waals surface area contributed by atoms with Crippen LogP contribution < -0.4 is 4.90 Å². The van der Waals surface area contributed by atoms with Gasteiger partial charge in [0.15, 0.2) is 0 Å². The van der Waals surface area contributed by atoms with E-state index in [4.69, 9.17) is 4.98 Å². The van der Waals surface area contributed by atoms with E-state index in [2.05, 4.69) is 9.97 Å². The fourth-order valence-electron chi connectivity index (χ4n) is 4.04. The van der Waals surface area contributed by atoms with E-state index in [0.717, 1.165) is 48.2 Å². The third kappa shape index (κ3) is 3.90. The molecule has 154 valence electrons. The number of hydrogen-bond acceptors (Lipinski definition) is 5. The van der Waals surface area contributed by atoms with Crippen LogP contribution in [-0.2, 0) is 0 Å². The van der Waals surface area contributed by atoms with Gasteiger partial charge in [0.1, 0.15) is 0 Å². The van der Waals surface area contributed by atoms with Gasteiger partial charge in [-0.15, -0.1) is 0 Å². The molecule has 0 aliphatic carbocycles. The van der Waals surface area contributed by atoms with Crippen molar-refractivity contribution in [3.63, 3.8) is 0 Å². The van der Waals surface area contributed by atoms with E-state index >= 15 is 0 Å². The molecule has 0 radical (unpaired) electrons. The van der Waals surface area contributed by atoms with Gasteiger partial charge in [0.05, 0.1) is 11.7 Å². The molecule has 0 unspecified atom stereocenters. The lowest BCUT2D eigenvalue weighted by molar-refractivity contribution is 0.0607. The fraction of sp³-hybridized carbons (Fsp3) is 0.333. The summed E-state index contributed by atoms with van der Waals surface area (Å²) in [5, 5.41) is 0. The molecular weight excluding hydrogens is 374 g/mol. The molecule has 1 saturated heterocycles. The largest absolute Gasteiger partial charge is 0.347 e. The lowest BCUT2D eigenvalue weighted by atomic mass is 9.92. The number of piperidine rings is 1. The zero-order valence-electron chi connectivity index (χ0n) is 17.7.